The summed E-state index contributed by atoms with van der Waals surface area (Å²) in [5.41, 5.74) is 4.64. The third kappa shape index (κ3) is 6.17. The van der Waals surface area contributed by atoms with E-state index in [0.717, 1.165) is 80.8 Å². The molecule has 1 saturated carbocycles. The second-order valence-corrected chi connectivity index (χ2v) is 14.1. The fourth-order valence-corrected chi connectivity index (χ4v) is 8.13. The molecule has 1 aromatic carbocycles. The highest BCUT2D eigenvalue weighted by molar-refractivity contribution is 7.18. The minimum absolute atomic E-state index is 0.190. The Balaban J connectivity index is 1.11. The highest BCUT2D eigenvalue weighted by Gasteiger charge is 2.44. The van der Waals surface area contributed by atoms with E-state index in [0.29, 0.717) is 22.1 Å². The number of hydrogen-bond donors (Lipinski definition) is 1. The first-order chi connectivity index (χ1) is 21.0. The molecule has 11 heteroatoms. The Kier molecular flexibility index (Phi) is 8.37. The van der Waals surface area contributed by atoms with Gasteiger partial charge in [-0.3, -0.25) is 4.90 Å². The zero-order valence-corrected chi connectivity index (χ0v) is 26.7. The van der Waals surface area contributed by atoms with E-state index < -0.39 is 12.6 Å². The van der Waals surface area contributed by atoms with Crippen LogP contribution in [0.3, 0.4) is 0 Å². The first-order valence-corrected chi connectivity index (χ1v) is 16.3. The standard InChI is InChI=1S/C33H40F3N7S/c1-5-32(14-25(15-32)41(3)4)19-43-24(17-37)12-27-21(2)22(6-7-29(27)43)18-42-10-8-23(9-11-42)40-30-28-13-26(16-33(34,35)36)44-31(28)39-20-38-30/h6-7,12-13,20,23,25H,5,8-11,14-16,18-19H2,1-4H3,(H,38,39,40). The third-order valence-corrected chi connectivity index (χ3v) is 11.0. The Hall–Kier alpha value is -3.20. The van der Waals surface area contributed by atoms with Gasteiger partial charge in [-0.2, -0.15) is 18.4 Å². The Bertz CT molecular complexity index is 1690. The Morgan fingerprint density at radius 1 is 1.14 bits per heavy atom. The molecule has 2 fully saturated rings. The number of likely N-dealkylation sites (tertiary alicyclic amines) is 1. The lowest BCUT2D eigenvalue weighted by Gasteiger charge is -2.50. The van der Waals surface area contributed by atoms with Crippen molar-refractivity contribution in [2.45, 2.75) is 83.7 Å². The molecular weight excluding hydrogens is 583 g/mol. The lowest BCUT2D eigenvalue weighted by molar-refractivity contribution is -0.126. The van der Waals surface area contributed by atoms with Gasteiger partial charge < -0.3 is 14.8 Å². The zero-order chi connectivity index (χ0) is 31.2. The number of thiophene rings is 1. The van der Waals surface area contributed by atoms with Crippen LogP contribution in [0.2, 0.25) is 0 Å². The van der Waals surface area contributed by atoms with Gasteiger partial charge in [0.05, 0.1) is 11.8 Å². The number of nitrogens with one attached hydrogen (secondary N) is 1. The monoisotopic (exact) mass is 623 g/mol. The summed E-state index contributed by atoms with van der Waals surface area (Å²) in [5.74, 6) is 0.612. The smallest absolute Gasteiger partial charge is 0.367 e. The molecule has 1 aliphatic heterocycles. The van der Waals surface area contributed by atoms with Crippen molar-refractivity contribution in [3.8, 4) is 6.07 Å². The molecule has 0 amide bonds. The van der Waals surface area contributed by atoms with E-state index in [4.69, 9.17) is 0 Å². The molecule has 3 aromatic heterocycles. The maximum Gasteiger partial charge on any atom is 0.393 e. The van der Waals surface area contributed by atoms with Gasteiger partial charge >= 0.3 is 6.18 Å². The van der Waals surface area contributed by atoms with Crippen LogP contribution in [0.4, 0.5) is 19.0 Å². The van der Waals surface area contributed by atoms with Crippen molar-refractivity contribution in [2.75, 3.05) is 32.5 Å². The van der Waals surface area contributed by atoms with Gasteiger partial charge in [0.1, 0.15) is 28.7 Å². The van der Waals surface area contributed by atoms with Gasteiger partial charge in [0.15, 0.2) is 0 Å². The molecule has 0 spiro atoms. The number of aryl methyl sites for hydroxylation is 1. The summed E-state index contributed by atoms with van der Waals surface area (Å²) in [5, 5.41) is 15.3. The fraction of sp³-hybridized carbons (Fsp3) is 0.545. The average molecular weight is 624 g/mol. The van der Waals surface area contributed by atoms with E-state index in [2.05, 4.69) is 81.9 Å². The number of nitrogens with zero attached hydrogens (tertiary/aromatic N) is 6. The van der Waals surface area contributed by atoms with Crippen LogP contribution < -0.4 is 5.32 Å². The lowest BCUT2D eigenvalue weighted by atomic mass is 9.63. The van der Waals surface area contributed by atoms with Crippen LogP contribution >= 0.6 is 11.3 Å². The van der Waals surface area contributed by atoms with Gasteiger partial charge in [0.2, 0.25) is 0 Å². The second kappa shape index (κ2) is 12.0. The summed E-state index contributed by atoms with van der Waals surface area (Å²) in [7, 11) is 4.31. The van der Waals surface area contributed by atoms with Crippen molar-refractivity contribution < 1.29 is 13.2 Å². The second-order valence-electron chi connectivity index (χ2n) is 13.0. The zero-order valence-electron chi connectivity index (χ0n) is 25.8. The topological polar surface area (TPSA) is 73.0 Å². The average Bonchev–Trinajstić information content (AvgIpc) is 3.53. The molecule has 4 aromatic rings. The molecule has 0 radical (unpaired) electrons. The number of anilines is 1. The van der Waals surface area contributed by atoms with E-state index in [9.17, 15) is 18.4 Å². The summed E-state index contributed by atoms with van der Waals surface area (Å²) in [6, 6.07) is 11.3. The molecule has 0 bridgehead atoms. The van der Waals surface area contributed by atoms with Crippen molar-refractivity contribution in [3.05, 3.63) is 52.3 Å². The molecule has 1 aliphatic carbocycles. The predicted molar refractivity (Wildman–Crippen MR) is 170 cm³/mol. The van der Waals surface area contributed by atoms with Crippen LogP contribution in [0, 0.1) is 23.7 Å². The number of piperidine rings is 1. The van der Waals surface area contributed by atoms with Crippen molar-refractivity contribution >= 4 is 38.3 Å². The van der Waals surface area contributed by atoms with Crippen molar-refractivity contribution in [1.29, 1.82) is 5.26 Å². The molecule has 44 heavy (non-hydrogen) atoms. The van der Waals surface area contributed by atoms with E-state index in [-0.39, 0.29) is 16.3 Å². The number of rotatable bonds is 9. The number of alkyl halides is 3. The predicted octanol–water partition coefficient (Wildman–Crippen LogP) is 7.13. The van der Waals surface area contributed by atoms with Crippen LogP contribution in [0.15, 0.2) is 30.6 Å². The quantitative estimate of drug-likeness (QED) is 0.214. The summed E-state index contributed by atoms with van der Waals surface area (Å²) < 4.78 is 41.0. The summed E-state index contributed by atoms with van der Waals surface area (Å²) in [4.78, 5) is 14.2. The van der Waals surface area contributed by atoms with E-state index in [1.807, 2.05) is 0 Å². The van der Waals surface area contributed by atoms with Crippen LogP contribution in [0.5, 0.6) is 0 Å². The summed E-state index contributed by atoms with van der Waals surface area (Å²) >= 11 is 1.08. The van der Waals surface area contributed by atoms with Gasteiger partial charge in [-0.25, -0.2) is 9.97 Å². The molecule has 6 rings (SSSR count). The van der Waals surface area contributed by atoms with Gasteiger partial charge in [0.25, 0.3) is 0 Å². The molecule has 2 aliphatic rings. The van der Waals surface area contributed by atoms with Gasteiger partial charge in [-0.1, -0.05) is 13.0 Å². The van der Waals surface area contributed by atoms with Gasteiger partial charge in [0, 0.05) is 54.0 Å². The van der Waals surface area contributed by atoms with E-state index in [1.165, 1.54) is 22.8 Å². The van der Waals surface area contributed by atoms with Crippen molar-refractivity contribution in [3.63, 3.8) is 0 Å². The first kappa shape index (κ1) is 30.8. The van der Waals surface area contributed by atoms with Crippen molar-refractivity contribution in [1.82, 2.24) is 24.3 Å². The molecule has 0 atom stereocenters. The highest BCUT2D eigenvalue weighted by atomic mass is 32.1. The minimum Gasteiger partial charge on any atom is -0.367 e. The van der Waals surface area contributed by atoms with Crippen LogP contribution in [0.1, 0.15) is 60.7 Å². The SMILES string of the molecule is CCC1(Cn2c(C#N)cc3c(C)c(CN4CCC(Nc5ncnc6sc(CC(F)(F)F)cc56)CC4)ccc32)CC(N(C)C)C1. The molecule has 4 heterocycles. The third-order valence-electron chi connectivity index (χ3n) is 9.97. The Labute approximate surface area is 260 Å². The molecule has 1 saturated heterocycles. The van der Waals surface area contributed by atoms with Crippen molar-refractivity contribution in [2.24, 2.45) is 5.41 Å². The maximum absolute atomic E-state index is 12.9. The maximum atomic E-state index is 12.9. The van der Waals surface area contributed by atoms with E-state index >= 15 is 0 Å². The molecule has 234 valence electrons. The number of hydrogen-bond acceptors (Lipinski definition) is 7. The van der Waals surface area contributed by atoms with E-state index in [1.54, 1.807) is 6.07 Å². The van der Waals surface area contributed by atoms with Crippen LogP contribution in [-0.4, -0.2) is 69.8 Å². The molecule has 1 N–H and O–H groups in total. The number of benzene rings is 1. The van der Waals surface area contributed by atoms with Crippen LogP contribution in [-0.2, 0) is 19.5 Å². The largest absolute Gasteiger partial charge is 0.393 e. The number of nitriles is 1. The first-order valence-electron chi connectivity index (χ1n) is 15.4. The number of aromatic nitrogens is 3. The highest BCUT2D eigenvalue weighted by Crippen LogP contribution is 2.48. The minimum atomic E-state index is -4.25. The van der Waals surface area contributed by atoms with Gasteiger partial charge in [-0.15, -0.1) is 11.3 Å². The number of fused-ring (bicyclic) bond motifs is 2. The molecule has 7 nitrogen and oxygen atoms in total. The number of halogens is 3. The lowest BCUT2D eigenvalue weighted by Crippen LogP contribution is -2.50. The fourth-order valence-electron chi connectivity index (χ4n) is 7.10. The van der Waals surface area contributed by atoms with Crippen LogP contribution in [0.25, 0.3) is 21.1 Å². The van der Waals surface area contributed by atoms with Gasteiger partial charge in [-0.05, 0) is 87.9 Å². The normalized spacial score (nSPS) is 21.7. The summed E-state index contributed by atoms with van der Waals surface area (Å²) in [6.45, 7) is 7.98. The Morgan fingerprint density at radius 2 is 1.89 bits per heavy atom. The molecular formula is C33H40F3N7S. The molecule has 0 unspecified atom stereocenters. The summed E-state index contributed by atoms with van der Waals surface area (Å²) in [6.07, 6.45) is 1.49. The Morgan fingerprint density at radius 3 is 2.55 bits per heavy atom.